The minimum Gasteiger partial charge on any atom is -0.381 e. The normalized spacial score (nSPS) is 25.1. The number of benzene rings is 1. The van der Waals surface area contributed by atoms with Gasteiger partial charge in [0.05, 0.1) is 5.69 Å². The van der Waals surface area contributed by atoms with Gasteiger partial charge in [-0.3, -0.25) is 0 Å². The van der Waals surface area contributed by atoms with E-state index in [-0.39, 0.29) is 5.82 Å². The summed E-state index contributed by atoms with van der Waals surface area (Å²) >= 11 is 0. The first-order valence-corrected chi connectivity index (χ1v) is 6.87. The lowest BCUT2D eigenvalue weighted by atomic mass is 9.89. The van der Waals surface area contributed by atoms with Crippen LogP contribution in [0.15, 0.2) is 24.3 Å². The summed E-state index contributed by atoms with van der Waals surface area (Å²) in [4.78, 5) is 2.47. The highest BCUT2D eigenvalue weighted by Gasteiger charge is 2.21. The minimum absolute atomic E-state index is 0.168. The zero-order chi connectivity index (χ0) is 13.0. The number of likely N-dealkylation sites (tertiary alicyclic amines) is 1. The van der Waals surface area contributed by atoms with Crippen LogP contribution in [0, 0.1) is 17.7 Å². The summed E-state index contributed by atoms with van der Waals surface area (Å²) in [5.74, 6) is 1.44. The first kappa shape index (κ1) is 13.3. The Kier molecular flexibility index (Phi) is 4.59. The molecule has 1 saturated heterocycles. The molecule has 1 aliphatic rings. The summed E-state index contributed by atoms with van der Waals surface area (Å²) in [5, 5.41) is 3.17. The van der Waals surface area contributed by atoms with Gasteiger partial charge in [-0.1, -0.05) is 26.0 Å². The topological polar surface area (TPSA) is 15.3 Å². The zero-order valence-electron chi connectivity index (χ0n) is 11.3. The number of anilines is 1. The molecule has 3 heteroatoms. The van der Waals surface area contributed by atoms with E-state index < -0.39 is 0 Å². The zero-order valence-corrected chi connectivity index (χ0v) is 11.3. The highest BCUT2D eigenvalue weighted by molar-refractivity contribution is 5.44. The molecular formula is C15H23FN2. The van der Waals surface area contributed by atoms with Crippen LogP contribution in [-0.4, -0.2) is 31.1 Å². The molecule has 2 atom stereocenters. The van der Waals surface area contributed by atoms with Crippen molar-refractivity contribution in [3.05, 3.63) is 30.1 Å². The van der Waals surface area contributed by atoms with Gasteiger partial charge in [0.1, 0.15) is 5.82 Å². The van der Waals surface area contributed by atoms with Crippen LogP contribution in [0.5, 0.6) is 0 Å². The third-order valence-electron chi connectivity index (χ3n) is 4.04. The predicted molar refractivity (Wildman–Crippen MR) is 74.3 cm³/mol. The maximum absolute atomic E-state index is 13.4. The van der Waals surface area contributed by atoms with Gasteiger partial charge in [0.15, 0.2) is 0 Å². The lowest BCUT2D eigenvalue weighted by molar-refractivity contribution is 0.143. The van der Waals surface area contributed by atoms with Crippen LogP contribution in [0.2, 0.25) is 0 Å². The van der Waals surface area contributed by atoms with Gasteiger partial charge in [-0.25, -0.2) is 4.39 Å². The standard InChI is InChI=1S/C15H23FN2/c1-12-7-9-18(11-13(12)2)10-8-17-15-6-4-3-5-14(15)16/h3-6,12-13,17H,7-11H2,1-2H3. The molecule has 0 saturated carbocycles. The second-order valence-corrected chi connectivity index (χ2v) is 5.45. The predicted octanol–water partition coefficient (Wildman–Crippen LogP) is 3.22. The Morgan fingerprint density at radius 3 is 2.78 bits per heavy atom. The molecule has 100 valence electrons. The lowest BCUT2D eigenvalue weighted by Gasteiger charge is -2.35. The number of hydrogen-bond acceptors (Lipinski definition) is 2. The summed E-state index contributed by atoms with van der Waals surface area (Å²) in [6.07, 6.45) is 1.28. The van der Waals surface area contributed by atoms with Gasteiger partial charge in [0.25, 0.3) is 0 Å². The highest BCUT2D eigenvalue weighted by atomic mass is 19.1. The van der Waals surface area contributed by atoms with Crippen molar-refractivity contribution in [2.24, 2.45) is 11.8 Å². The molecular weight excluding hydrogens is 227 g/mol. The number of halogens is 1. The molecule has 0 bridgehead atoms. The Bertz CT molecular complexity index is 381. The summed E-state index contributed by atoms with van der Waals surface area (Å²) in [7, 11) is 0. The van der Waals surface area contributed by atoms with Gasteiger partial charge >= 0.3 is 0 Å². The van der Waals surface area contributed by atoms with Crippen LogP contribution >= 0.6 is 0 Å². The largest absolute Gasteiger partial charge is 0.381 e. The van der Waals surface area contributed by atoms with Crippen LogP contribution in [0.1, 0.15) is 20.3 Å². The first-order chi connectivity index (χ1) is 8.66. The fourth-order valence-electron chi connectivity index (χ4n) is 2.51. The number of hydrogen-bond donors (Lipinski definition) is 1. The van der Waals surface area contributed by atoms with E-state index in [1.165, 1.54) is 25.6 Å². The average Bonchev–Trinajstić information content (AvgIpc) is 2.36. The summed E-state index contributed by atoms with van der Waals surface area (Å²) in [6.45, 7) is 8.79. The molecule has 0 amide bonds. The third-order valence-corrected chi connectivity index (χ3v) is 4.04. The van der Waals surface area contributed by atoms with Gasteiger partial charge < -0.3 is 10.2 Å². The van der Waals surface area contributed by atoms with E-state index in [0.29, 0.717) is 5.69 Å². The summed E-state index contributed by atoms with van der Waals surface area (Å²) < 4.78 is 13.4. The molecule has 0 aromatic heterocycles. The van der Waals surface area contributed by atoms with Crippen LogP contribution in [0.4, 0.5) is 10.1 Å². The molecule has 0 spiro atoms. The number of para-hydroxylation sites is 1. The second-order valence-electron chi connectivity index (χ2n) is 5.45. The van der Waals surface area contributed by atoms with E-state index >= 15 is 0 Å². The van der Waals surface area contributed by atoms with E-state index in [0.717, 1.165) is 24.9 Å². The molecule has 18 heavy (non-hydrogen) atoms. The fourth-order valence-corrected chi connectivity index (χ4v) is 2.51. The van der Waals surface area contributed by atoms with Crippen LogP contribution in [-0.2, 0) is 0 Å². The second kappa shape index (κ2) is 6.19. The molecule has 1 aromatic rings. The van der Waals surface area contributed by atoms with E-state index in [4.69, 9.17) is 0 Å². The van der Waals surface area contributed by atoms with Gasteiger partial charge in [-0.2, -0.15) is 0 Å². The quantitative estimate of drug-likeness (QED) is 0.882. The summed E-state index contributed by atoms with van der Waals surface area (Å²) in [6, 6.07) is 6.85. The Morgan fingerprint density at radius 2 is 2.06 bits per heavy atom. The van der Waals surface area contributed by atoms with Crippen molar-refractivity contribution in [1.82, 2.24) is 4.90 Å². The van der Waals surface area contributed by atoms with E-state index in [1.807, 2.05) is 6.07 Å². The lowest BCUT2D eigenvalue weighted by Crippen LogP contribution is -2.40. The number of rotatable bonds is 4. The Balaban J connectivity index is 1.74. The Hall–Kier alpha value is -1.09. The molecule has 1 N–H and O–H groups in total. The number of nitrogens with one attached hydrogen (secondary N) is 1. The number of piperidine rings is 1. The van der Waals surface area contributed by atoms with Crippen molar-refractivity contribution in [3.63, 3.8) is 0 Å². The van der Waals surface area contributed by atoms with Gasteiger partial charge in [-0.05, 0) is 36.9 Å². The molecule has 1 aliphatic heterocycles. The molecule has 1 aromatic carbocycles. The van der Waals surface area contributed by atoms with Gasteiger partial charge in [-0.15, -0.1) is 0 Å². The van der Waals surface area contributed by atoms with E-state index in [2.05, 4.69) is 24.1 Å². The number of nitrogens with zero attached hydrogens (tertiary/aromatic N) is 1. The van der Waals surface area contributed by atoms with Gasteiger partial charge in [0.2, 0.25) is 0 Å². The van der Waals surface area contributed by atoms with Crippen molar-refractivity contribution in [3.8, 4) is 0 Å². The maximum atomic E-state index is 13.4. The Morgan fingerprint density at radius 1 is 1.28 bits per heavy atom. The SMILES string of the molecule is CC1CCN(CCNc2ccccc2F)CC1C. The molecule has 2 nitrogen and oxygen atoms in total. The van der Waals surface area contributed by atoms with Gasteiger partial charge in [0, 0.05) is 19.6 Å². The van der Waals surface area contributed by atoms with Crippen molar-refractivity contribution in [1.29, 1.82) is 0 Å². The molecule has 2 rings (SSSR count). The van der Waals surface area contributed by atoms with Crippen molar-refractivity contribution >= 4 is 5.69 Å². The Labute approximate surface area is 109 Å². The molecule has 1 fully saturated rings. The third kappa shape index (κ3) is 3.45. The van der Waals surface area contributed by atoms with Crippen LogP contribution in [0.25, 0.3) is 0 Å². The van der Waals surface area contributed by atoms with Crippen LogP contribution < -0.4 is 5.32 Å². The minimum atomic E-state index is -0.168. The van der Waals surface area contributed by atoms with E-state index in [1.54, 1.807) is 12.1 Å². The van der Waals surface area contributed by atoms with Crippen molar-refractivity contribution in [2.75, 3.05) is 31.5 Å². The highest BCUT2D eigenvalue weighted by Crippen LogP contribution is 2.22. The monoisotopic (exact) mass is 250 g/mol. The molecule has 0 radical (unpaired) electrons. The maximum Gasteiger partial charge on any atom is 0.146 e. The van der Waals surface area contributed by atoms with Crippen molar-refractivity contribution in [2.45, 2.75) is 20.3 Å². The van der Waals surface area contributed by atoms with E-state index in [9.17, 15) is 4.39 Å². The first-order valence-electron chi connectivity index (χ1n) is 6.87. The van der Waals surface area contributed by atoms with Crippen molar-refractivity contribution < 1.29 is 4.39 Å². The van der Waals surface area contributed by atoms with Crippen LogP contribution in [0.3, 0.4) is 0 Å². The molecule has 0 aliphatic carbocycles. The summed E-state index contributed by atoms with van der Waals surface area (Å²) in [5.41, 5.74) is 0.607. The molecule has 2 unspecified atom stereocenters. The fraction of sp³-hybridized carbons (Fsp3) is 0.600. The smallest absolute Gasteiger partial charge is 0.146 e. The molecule has 1 heterocycles. The average molecular weight is 250 g/mol.